The van der Waals surface area contributed by atoms with Crippen LogP contribution in [0.1, 0.15) is 64.2 Å². The van der Waals surface area contributed by atoms with Crippen LogP contribution in [0.5, 0.6) is 11.5 Å². The van der Waals surface area contributed by atoms with E-state index in [1.165, 1.54) is 69.8 Å². The summed E-state index contributed by atoms with van der Waals surface area (Å²) in [5.41, 5.74) is 12.9. The molecule has 0 amide bonds. The van der Waals surface area contributed by atoms with Crippen LogP contribution in [0, 0.1) is 6.07 Å². The van der Waals surface area contributed by atoms with E-state index in [1.807, 2.05) is 54.6 Å². The van der Waals surface area contributed by atoms with E-state index < -0.39 is 20.2 Å². The van der Waals surface area contributed by atoms with Crippen LogP contribution >= 0.6 is 7.92 Å². The van der Waals surface area contributed by atoms with Gasteiger partial charge in [0, 0.05) is 23.8 Å². The number of ether oxygens (including phenoxy) is 2. The molecule has 4 aromatic carbocycles. The Labute approximate surface area is 332 Å². The second-order valence-corrected chi connectivity index (χ2v) is 18.4. The normalized spacial score (nSPS) is 14.8. The number of nitrogens with two attached hydrogens (primary N) is 1. The predicted molar refractivity (Wildman–Crippen MR) is 212 cm³/mol. The Bertz CT molecular complexity index is 1800. The molecule has 0 atom stereocenters. The van der Waals surface area contributed by atoms with Crippen LogP contribution in [0.2, 0.25) is 0 Å². The summed E-state index contributed by atoms with van der Waals surface area (Å²) in [6.45, 7) is 0. The van der Waals surface area contributed by atoms with Gasteiger partial charge in [0.05, 0.1) is 40.0 Å². The number of benzene rings is 4. The molecule has 291 valence electrons. The van der Waals surface area contributed by atoms with E-state index in [1.54, 1.807) is 19.5 Å². The molecule has 4 aromatic rings. The second kappa shape index (κ2) is 23.2. The van der Waals surface area contributed by atoms with Crippen molar-refractivity contribution in [3.05, 3.63) is 97.1 Å². The fraction of sp³-hybridized carbons (Fsp3) is 0.400. The molecule has 0 aromatic heterocycles. The molecule has 0 saturated heterocycles. The van der Waals surface area contributed by atoms with Crippen molar-refractivity contribution < 1.29 is 55.8 Å². The molecule has 2 fully saturated rings. The van der Waals surface area contributed by atoms with Crippen LogP contribution in [0.3, 0.4) is 0 Å². The average molecular weight is 875 g/mol. The quantitative estimate of drug-likeness (QED) is 0.0836. The Hall–Kier alpha value is -2.81. The van der Waals surface area contributed by atoms with E-state index in [0.29, 0.717) is 12.5 Å². The van der Waals surface area contributed by atoms with Crippen molar-refractivity contribution in [3.63, 3.8) is 0 Å². The molecular formula is C40H51NO8PPdS2. The van der Waals surface area contributed by atoms with Gasteiger partial charge in [-0.2, -0.15) is 0 Å². The fourth-order valence-electron chi connectivity index (χ4n) is 6.74. The van der Waals surface area contributed by atoms with Crippen LogP contribution in [0.4, 0.5) is 5.69 Å². The summed E-state index contributed by atoms with van der Waals surface area (Å²) in [5.74, 6) is 1.83. The zero-order valence-electron chi connectivity index (χ0n) is 30.8. The monoisotopic (exact) mass is 874 g/mol. The first-order chi connectivity index (χ1) is 24.7. The SMILES string of the molecule is COc1cccc(OC)c1-c1ccccc1P(C1CCCCC1)C1CCCCC1.CS(=O)(=O)[O-].CS(=O)(=O)[O-].Nc1ccccc1-c1[c]cccc1.[Pd+2]. The molecule has 6 rings (SSSR count). The summed E-state index contributed by atoms with van der Waals surface area (Å²) in [7, 11) is -4.48. The molecule has 2 saturated carbocycles. The summed E-state index contributed by atoms with van der Waals surface area (Å²) in [5, 5.41) is 1.59. The zero-order chi connectivity index (χ0) is 38.1. The molecule has 0 aliphatic heterocycles. The molecular weight excluding hydrogens is 824 g/mol. The third-order valence-corrected chi connectivity index (χ3v) is 12.3. The summed E-state index contributed by atoms with van der Waals surface area (Å²) in [6.07, 6.45) is 15.4. The van der Waals surface area contributed by atoms with Gasteiger partial charge in [0.2, 0.25) is 0 Å². The number of hydrogen-bond donors (Lipinski definition) is 1. The van der Waals surface area contributed by atoms with Gasteiger partial charge in [0.15, 0.2) is 0 Å². The minimum atomic E-state index is -3.92. The van der Waals surface area contributed by atoms with Crippen LogP contribution in [-0.4, -0.2) is 64.0 Å². The van der Waals surface area contributed by atoms with Gasteiger partial charge >= 0.3 is 20.4 Å². The minimum absolute atomic E-state index is 0. The van der Waals surface area contributed by atoms with Crippen molar-refractivity contribution >= 4 is 39.1 Å². The van der Waals surface area contributed by atoms with Gasteiger partial charge < -0.3 is 24.3 Å². The van der Waals surface area contributed by atoms with Crippen LogP contribution in [0.15, 0.2) is 91.0 Å². The molecule has 2 N–H and O–H groups in total. The van der Waals surface area contributed by atoms with E-state index in [9.17, 15) is 0 Å². The average Bonchev–Trinajstić information content (AvgIpc) is 3.12. The van der Waals surface area contributed by atoms with Crippen molar-refractivity contribution in [1.29, 1.82) is 0 Å². The first-order valence-corrected chi connectivity index (χ1v) is 22.5. The molecule has 0 bridgehead atoms. The van der Waals surface area contributed by atoms with Crippen molar-refractivity contribution in [3.8, 4) is 33.8 Å². The van der Waals surface area contributed by atoms with Gasteiger partial charge in [0.25, 0.3) is 0 Å². The summed E-state index contributed by atoms with van der Waals surface area (Å²) in [4.78, 5) is 0. The van der Waals surface area contributed by atoms with E-state index in [2.05, 4.69) is 42.5 Å². The van der Waals surface area contributed by atoms with Gasteiger partial charge in [-0.15, -0.1) is 0 Å². The van der Waals surface area contributed by atoms with Gasteiger partial charge in [0.1, 0.15) is 11.5 Å². The van der Waals surface area contributed by atoms with Crippen LogP contribution in [-0.2, 0) is 40.7 Å². The van der Waals surface area contributed by atoms with Crippen molar-refractivity contribution in [1.82, 2.24) is 0 Å². The molecule has 13 heteroatoms. The smallest absolute Gasteiger partial charge is 0.748 e. The Balaban J connectivity index is 0.000000333. The van der Waals surface area contributed by atoms with Gasteiger partial charge in [-0.05, 0) is 77.7 Å². The first kappa shape index (κ1) is 46.3. The molecule has 0 heterocycles. The topological polar surface area (TPSA) is 159 Å². The maximum absolute atomic E-state index is 9.08. The molecule has 2 aliphatic carbocycles. The first-order valence-electron chi connectivity index (χ1n) is 17.4. The number of anilines is 1. The van der Waals surface area contributed by atoms with E-state index in [0.717, 1.165) is 45.2 Å². The third-order valence-electron chi connectivity index (χ3n) is 8.78. The predicted octanol–water partition coefficient (Wildman–Crippen LogP) is 8.20. The van der Waals surface area contributed by atoms with Gasteiger partial charge in [-0.3, -0.25) is 0 Å². The largest absolute Gasteiger partial charge is 2.00 e. The Morgan fingerprint density at radius 1 is 0.642 bits per heavy atom. The maximum Gasteiger partial charge on any atom is 2.00 e. The minimum Gasteiger partial charge on any atom is -0.748 e. The van der Waals surface area contributed by atoms with E-state index in [4.69, 9.17) is 41.1 Å². The number of rotatable bonds is 7. The van der Waals surface area contributed by atoms with Crippen molar-refractivity contribution in [2.45, 2.75) is 75.5 Å². The zero-order valence-corrected chi connectivity index (χ0v) is 34.9. The van der Waals surface area contributed by atoms with Gasteiger partial charge in [-0.25, -0.2) is 16.8 Å². The molecule has 53 heavy (non-hydrogen) atoms. The van der Waals surface area contributed by atoms with Crippen LogP contribution in [0.25, 0.3) is 22.3 Å². The maximum atomic E-state index is 9.08. The standard InChI is InChI=1S/C26H35O2P.C12H10N.2CH4O3S.Pd/c1-27-23-17-11-18-24(28-2)26(23)22-16-9-10-19-25(22)29(20-12-5-3-6-13-20)21-14-7-4-8-15-21;13-12-9-5-4-8-11(12)10-6-2-1-3-7-10;2*1-5(2,3)4;/h9-11,16-21H,3-8,12-15H2,1-2H3;1-6,8-9H,13H2;2*1H3,(H,2,3,4);/q;;;;+2/p-2. The second-order valence-electron chi connectivity index (χ2n) is 12.8. The number of methoxy groups -OCH3 is 2. The van der Waals surface area contributed by atoms with E-state index >= 15 is 0 Å². The molecule has 9 nitrogen and oxygen atoms in total. The van der Waals surface area contributed by atoms with Crippen LogP contribution < -0.4 is 20.5 Å². The number of nitrogen functional groups attached to an aromatic ring is 1. The van der Waals surface area contributed by atoms with Crippen molar-refractivity contribution in [2.75, 3.05) is 32.5 Å². The Morgan fingerprint density at radius 3 is 1.51 bits per heavy atom. The van der Waals surface area contributed by atoms with Crippen molar-refractivity contribution in [2.24, 2.45) is 0 Å². The van der Waals surface area contributed by atoms with Gasteiger partial charge in [-0.1, -0.05) is 119 Å². The number of hydrogen-bond acceptors (Lipinski definition) is 9. The molecule has 2 aliphatic rings. The van der Waals surface area contributed by atoms with E-state index in [-0.39, 0.29) is 28.3 Å². The Morgan fingerprint density at radius 2 is 1.08 bits per heavy atom. The third kappa shape index (κ3) is 16.6. The summed E-state index contributed by atoms with van der Waals surface area (Å²) < 4.78 is 66.0. The number of para-hydroxylation sites is 1. The molecule has 0 unspecified atom stereocenters. The Kier molecular flexibility index (Phi) is 20.3. The molecule has 1 radical (unpaired) electrons. The summed E-state index contributed by atoms with van der Waals surface area (Å²) >= 11 is 0. The molecule has 0 spiro atoms. The summed E-state index contributed by atoms with van der Waals surface area (Å²) in [6, 6.07) is 34.1. The fourth-order valence-corrected chi connectivity index (χ4v) is 10.7.